The van der Waals surface area contributed by atoms with E-state index in [1.165, 1.54) is 0 Å². The predicted octanol–water partition coefficient (Wildman–Crippen LogP) is 0.367. The zero-order chi connectivity index (χ0) is 6.69. The smallest absolute Gasteiger partial charge is 0.0555 e. The molecule has 2 heteroatoms. The Hall–Kier alpha value is -0.0800. The van der Waals surface area contributed by atoms with Gasteiger partial charge in [0.05, 0.1) is 6.10 Å². The Labute approximate surface area is 56.3 Å². The lowest BCUT2D eigenvalue weighted by Crippen LogP contribution is -2.18. The van der Waals surface area contributed by atoms with Crippen molar-refractivity contribution in [2.24, 2.45) is 5.92 Å². The van der Waals surface area contributed by atoms with Gasteiger partial charge in [-0.3, -0.25) is 0 Å². The molecule has 0 aliphatic carbocycles. The van der Waals surface area contributed by atoms with Gasteiger partial charge in [0.2, 0.25) is 0 Å². The quantitative estimate of drug-likeness (QED) is 0.495. The van der Waals surface area contributed by atoms with Crippen molar-refractivity contribution >= 4 is 0 Å². The van der Waals surface area contributed by atoms with Crippen molar-refractivity contribution < 1.29 is 5.11 Å². The van der Waals surface area contributed by atoms with Gasteiger partial charge in [-0.25, -0.2) is 0 Å². The molecule has 0 bridgehead atoms. The van der Waals surface area contributed by atoms with Crippen LogP contribution in [0.4, 0.5) is 0 Å². The van der Waals surface area contributed by atoms with E-state index >= 15 is 0 Å². The van der Waals surface area contributed by atoms with Crippen LogP contribution in [0.25, 0.3) is 0 Å². The molecule has 1 aliphatic rings. The second-order valence-electron chi connectivity index (χ2n) is 2.99. The summed E-state index contributed by atoms with van der Waals surface area (Å²) in [5, 5.41) is 12.5. The van der Waals surface area contributed by atoms with Gasteiger partial charge in [-0.2, -0.15) is 0 Å². The maximum Gasteiger partial charge on any atom is 0.0555 e. The first kappa shape index (κ1) is 7.03. The molecule has 0 saturated carbocycles. The van der Waals surface area contributed by atoms with E-state index in [1.807, 2.05) is 0 Å². The lowest BCUT2D eigenvalue weighted by atomic mass is 10.0. The first-order valence-corrected chi connectivity index (χ1v) is 3.68. The average Bonchev–Trinajstić information content (AvgIpc) is 1.93. The van der Waals surface area contributed by atoms with Crippen LogP contribution in [0, 0.1) is 5.92 Å². The molecule has 1 aliphatic heterocycles. The van der Waals surface area contributed by atoms with E-state index in [4.69, 9.17) is 0 Å². The molecule has 2 unspecified atom stereocenters. The summed E-state index contributed by atoms with van der Waals surface area (Å²) in [7, 11) is 0. The molecule has 0 radical (unpaired) electrons. The number of nitrogens with one attached hydrogen (secondary N) is 1. The van der Waals surface area contributed by atoms with Gasteiger partial charge in [0, 0.05) is 0 Å². The highest BCUT2D eigenvalue weighted by Crippen LogP contribution is 2.10. The number of aliphatic hydroxyl groups is 1. The monoisotopic (exact) mass is 129 g/mol. The highest BCUT2D eigenvalue weighted by atomic mass is 16.3. The predicted molar refractivity (Wildman–Crippen MR) is 37.3 cm³/mol. The molecule has 0 aromatic rings. The van der Waals surface area contributed by atoms with Crippen LogP contribution in [-0.2, 0) is 0 Å². The van der Waals surface area contributed by atoms with Gasteiger partial charge >= 0.3 is 0 Å². The van der Waals surface area contributed by atoms with E-state index in [0.717, 1.165) is 25.9 Å². The summed E-state index contributed by atoms with van der Waals surface area (Å²) in [5.41, 5.74) is 0. The average molecular weight is 129 g/mol. The fourth-order valence-corrected chi connectivity index (χ4v) is 1.28. The van der Waals surface area contributed by atoms with Gasteiger partial charge in [-0.05, 0) is 31.8 Å². The van der Waals surface area contributed by atoms with Crippen LogP contribution in [0.1, 0.15) is 19.8 Å². The van der Waals surface area contributed by atoms with Crippen LogP contribution in [0.3, 0.4) is 0 Å². The summed E-state index contributed by atoms with van der Waals surface area (Å²) in [6.07, 6.45) is 1.83. The highest BCUT2D eigenvalue weighted by molar-refractivity contribution is 4.69. The Balaban J connectivity index is 2.29. The molecule has 1 rings (SSSR count). The molecule has 0 amide bonds. The van der Waals surface area contributed by atoms with E-state index in [1.54, 1.807) is 0 Å². The molecule has 2 atom stereocenters. The molecule has 2 N–H and O–H groups in total. The van der Waals surface area contributed by atoms with Crippen molar-refractivity contribution in [1.82, 2.24) is 5.32 Å². The minimum absolute atomic E-state index is 0.0602. The fourth-order valence-electron chi connectivity index (χ4n) is 1.28. The Kier molecular flexibility index (Phi) is 2.49. The zero-order valence-electron chi connectivity index (χ0n) is 5.93. The molecular formula is C7H15NO. The SMILES string of the molecule is CC1CNCCC(O)C1. The summed E-state index contributed by atoms with van der Waals surface area (Å²) >= 11 is 0. The minimum atomic E-state index is -0.0602. The third-order valence-electron chi connectivity index (χ3n) is 1.82. The topological polar surface area (TPSA) is 32.3 Å². The van der Waals surface area contributed by atoms with E-state index in [2.05, 4.69) is 12.2 Å². The van der Waals surface area contributed by atoms with Crippen LogP contribution in [0.5, 0.6) is 0 Å². The summed E-state index contributed by atoms with van der Waals surface area (Å²) in [6.45, 7) is 4.21. The molecular weight excluding hydrogens is 114 g/mol. The molecule has 1 heterocycles. The Morgan fingerprint density at radius 1 is 1.56 bits per heavy atom. The number of hydrogen-bond donors (Lipinski definition) is 2. The molecule has 0 aromatic heterocycles. The molecule has 2 nitrogen and oxygen atoms in total. The van der Waals surface area contributed by atoms with Crippen molar-refractivity contribution in [3.63, 3.8) is 0 Å². The Morgan fingerprint density at radius 3 is 3.11 bits per heavy atom. The van der Waals surface area contributed by atoms with Crippen molar-refractivity contribution in [2.75, 3.05) is 13.1 Å². The minimum Gasteiger partial charge on any atom is -0.393 e. The summed E-state index contributed by atoms with van der Waals surface area (Å²) in [4.78, 5) is 0. The van der Waals surface area contributed by atoms with Crippen LogP contribution in [-0.4, -0.2) is 24.3 Å². The molecule has 9 heavy (non-hydrogen) atoms. The zero-order valence-corrected chi connectivity index (χ0v) is 5.93. The van der Waals surface area contributed by atoms with Crippen LogP contribution < -0.4 is 5.32 Å². The third-order valence-corrected chi connectivity index (χ3v) is 1.82. The molecule has 0 aromatic carbocycles. The summed E-state index contributed by atoms with van der Waals surface area (Å²) in [6, 6.07) is 0. The molecule has 1 saturated heterocycles. The fraction of sp³-hybridized carbons (Fsp3) is 1.00. The van der Waals surface area contributed by atoms with Crippen LogP contribution in [0.2, 0.25) is 0 Å². The molecule has 1 fully saturated rings. The van der Waals surface area contributed by atoms with Gasteiger partial charge in [-0.1, -0.05) is 6.92 Å². The first-order chi connectivity index (χ1) is 4.29. The maximum absolute atomic E-state index is 9.22. The van der Waals surface area contributed by atoms with Gasteiger partial charge in [0.15, 0.2) is 0 Å². The van der Waals surface area contributed by atoms with Crippen LogP contribution in [0.15, 0.2) is 0 Å². The first-order valence-electron chi connectivity index (χ1n) is 3.68. The largest absolute Gasteiger partial charge is 0.393 e. The van der Waals surface area contributed by atoms with Crippen molar-refractivity contribution in [1.29, 1.82) is 0 Å². The third kappa shape index (κ3) is 2.33. The lowest BCUT2D eigenvalue weighted by Gasteiger charge is -2.08. The van der Waals surface area contributed by atoms with Gasteiger partial charge in [0.1, 0.15) is 0 Å². The Morgan fingerprint density at radius 2 is 2.33 bits per heavy atom. The van der Waals surface area contributed by atoms with E-state index in [9.17, 15) is 5.11 Å². The maximum atomic E-state index is 9.22. The van der Waals surface area contributed by atoms with Gasteiger partial charge in [-0.15, -0.1) is 0 Å². The molecule has 0 spiro atoms. The van der Waals surface area contributed by atoms with Gasteiger partial charge < -0.3 is 10.4 Å². The number of aliphatic hydroxyl groups excluding tert-OH is 1. The van der Waals surface area contributed by atoms with E-state index in [-0.39, 0.29) is 6.10 Å². The standard InChI is InChI=1S/C7H15NO/c1-6-4-7(9)2-3-8-5-6/h6-9H,2-5H2,1H3. The van der Waals surface area contributed by atoms with Gasteiger partial charge in [0.25, 0.3) is 0 Å². The Bertz CT molecular complexity index is 75.0. The van der Waals surface area contributed by atoms with Crippen molar-refractivity contribution in [3.8, 4) is 0 Å². The van der Waals surface area contributed by atoms with Crippen molar-refractivity contribution in [3.05, 3.63) is 0 Å². The second-order valence-corrected chi connectivity index (χ2v) is 2.99. The summed E-state index contributed by atoms with van der Waals surface area (Å²) in [5.74, 6) is 0.641. The second kappa shape index (κ2) is 3.18. The number of rotatable bonds is 0. The lowest BCUT2D eigenvalue weighted by molar-refractivity contribution is 0.149. The van der Waals surface area contributed by atoms with E-state index < -0.39 is 0 Å². The highest BCUT2D eigenvalue weighted by Gasteiger charge is 2.13. The summed E-state index contributed by atoms with van der Waals surface area (Å²) < 4.78 is 0. The number of hydrogen-bond acceptors (Lipinski definition) is 2. The normalized spacial score (nSPS) is 38.0. The van der Waals surface area contributed by atoms with Crippen molar-refractivity contribution in [2.45, 2.75) is 25.9 Å². The van der Waals surface area contributed by atoms with Crippen LogP contribution >= 0.6 is 0 Å². The molecule has 54 valence electrons. The van der Waals surface area contributed by atoms with E-state index in [0.29, 0.717) is 5.92 Å².